The van der Waals surface area contributed by atoms with Gasteiger partial charge in [-0.1, -0.05) is 29.8 Å². The van der Waals surface area contributed by atoms with Gasteiger partial charge >= 0.3 is 0 Å². The zero-order valence-corrected chi connectivity index (χ0v) is 10.4. The number of nitrogens with zero attached hydrogens (tertiary/aromatic N) is 2. The first kappa shape index (κ1) is 11.9. The molecule has 0 aliphatic rings. The van der Waals surface area contributed by atoms with Crippen molar-refractivity contribution in [2.24, 2.45) is 0 Å². The molecule has 0 aliphatic carbocycles. The summed E-state index contributed by atoms with van der Waals surface area (Å²) in [5, 5.41) is 3.52. The Morgan fingerprint density at radius 2 is 2.29 bits per heavy atom. The van der Waals surface area contributed by atoms with Gasteiger partial charge in [-0.05, 0) is 19.4 Å². The van der Waals surface area contributed by atoms with E-state index in [0.717, 1.165) is 13.1 Å². The summed E-state index contributed by atoms with van der Waals surface area (Å²) in [7, 11) is 0. The van der Waals surface area contributed by atoms with E-state index in [4.69, 9.17) is 0 Å². The maximum absolute atomic E-state index is 4.04. The van der Waals surface area contributed by atoms with Crippen LogP contribution < -0.4 is 5.32 Å². The molecule has 3 heteroatoms. The third kappa shape index (κ3) is 3.71. The van der Waals surface area contributed by atoms with Crippen LogP contribution in [-0.4, -0.2) is 15.6 Å². The molecule has 1 N–H and O–H groups in total. The van der Waals surface area contributed by atoms with Gasteiger partial charge < -0.3 is 9.88 Å². The first-order valence-electron chi connectivity index (χ1n) is 5.99. The van der Waals surface area contributed by atoms with Crippen LogP contribution in [0.1, 0.15) is 18.1 Å². The molecule has 1 aromatic carbocycles. The van der Waals surface area contributed by atoms with Gasteiger partial charge in [-0.25, -0.2) is 4.98 Å². The van der Waals surface area contributed by atoms with Crippen molar-refractivity contribution < 1.29 is 0 Å². The van der Waals surface area contributed by atoms with Crippen LogP contribution in [0.15, 0.2) is 43.0 Å². The molecule has 1 aromatic heterocycles. The van der Waals surface area contributed by atoms with E-state index < -0.39 is 0 Å². The van der Waals surface area contributed by atoms with Gasteiger partial charge in [0.2, 0.25) is 0 Å². The van der Waals surface area contributed by atoms with Gasteiger partial charge in [0, 0.05) is 31.5 Å². The van der Waals surface area contributed by atoms with E-state index in [2.05, 4.69) is 53.0 Å². The highest BCUT2D eigenvalue weighted by molar-refractivity contribution is 5.21. The SMILES string of the molecule is Cc1cccc(CNC(C)Cn2ccnc2)c1. The van der Waals surface area contributed by atoms with Crippen molar-refractivity contribution in [1.82, 2.24) is 14.9 Å². The highest BCUT2D eigenvalue weighted by Crippen LogP contribution is 2.04. The van der Waals surface area contributed by atoms with Crippen LogP contribution in [0.4, 0.5) is 0 Å². The molecule has 0 saturated carbocycles. The normalized spacial score (nSPS) is 12.6. The number of aryl methyl sites for hydroxylation is 1. The number of hydrogen-bond donors (Lipinski definition) is 1. The van der Waals surface area contributed by atoms with Crippen molar-refractivity contribution in [2.75, 3.05) is 0 Å². The maximum atomic E-state index is 4.04. The zero-order valence-electron chi connectivity index (χ0n) is 10.4. The molecule has 2 rings (SSSR count). The van der Waals surface area contributed by atoms with Gasteiger partial charge in [-0.3, -0.25) is 0 Å². The van der Waals surface area contributed by atoms with E-state index in [9.17, 15) is 0 Å². The molecule has 0 amide bonds. The summed E-state index contributed by atoms with van der Waals surface area (Å²) in [5.41, 5.74) is 2.65. The van der Waals surface area contributed by atoms with Gasteiger partial charge in [-0.15, -0.1) is 0 Å². The van der Waals surface area contributed by atoms with Crippen LogP contribution >= 0.6 is 0 Å². The Balaban J connectivity index is 1.82. The Morgan fingerprint density at radius 1 is 1.41 bits per heavy atom. The number of hydrogen-bond acceptors (Lipinski definition) is 2. The first-order valence-corrected chi connectivity index (χ1v) is 5.99. The van der Waals surface area contributed by atoms with Crippen LogP contribution in [0.5, 0.6) is 0 Å². The van der Waals surface area contributed by atoms with Crippen LogP contribution in [-0.2, 0) is 13.1 Å². The standard InChI is InChI=1S/C14H19N3/c1-12-4-3-5-14(8-12)9-16-13(2)10-17-7-6-15-11-17/h3-8,11,13,16H,9-10H2,1-2H3. The number of imidazole rings is 1. The summed E-state index contributed by atoms with van der Waals surface area (Å²) < 4.78 is 2.09. The number of nitrogens with one attached hydrogen (secondary N) is 1. The fourth-order valence-electron chi connectivity index (χ4n) is 1.89. The smallest absolute Gasteiger partial charge is 0.0946 e. The Labute approximate surface area is 103 Å². The van der Waals surface area contributed by atoms with Crippen molar-refractivity contribution >= 4 is 0 Å². The molecule has 0 saturated heterocycles. The van der Waals surface area contributed by atoms with Crippen LogP contribution in [0.25, 0.3) is 0 Å². The lowest BCUT2D eigenvalue weighted by molar-refractivity contribution is 0.476. The second-order valence-corrected chi connectivity index (χ2v) is 4.53. The lowest BCUT2D eigenvalue weighted by atomic mass is 10.1. The fraction of sp³-hybridized carbons (Fsp3) is 0.357. The Morgan fingerprint density at radius 3 is 3.00 bits per heavy atom. The average Bonchev–Trinajstić information content (AvgIpc) is 2.79. The largest absolute Gasteiger partial charge is 0.336 e. The molecule has 0 spiro atoms. The van der Waals surface area contributed by atoms with Crippen molar-refractivity contribution in [3.8, 4) is 0 Å². The fourth-order valence-corrected chi connectivity index (χ4v) is 1.89. The average molecular weight is 229 g/mol. The van der Waals surface area contributed by atoms with Gasteiger partial charge in [0.1, 0.15) is 0 Å². The van der Waals surface area contributed by atoms with Crippen LogP contribution in [0, 0.1) is 6.92 Å². The minimum absolute atomic E-state index is 0.435. The summed E-state index contributed by atoms with van der Waals surface area (Å²) in [6.07, 6.45) is 5.66. The lowest BCUT2D eigenvalue weighted by Crippen LogP contribution is -2.29. The third-order valence-corrected chi connectivity index (χ3v) is 2.78. The van der Waals surface area contributed by atoms with E-state index in [0.29, 0.717) is 6.04 Å². The van der Waals surface area contributed by atoms with Gasteiger partial charge in [0.05, 0.1) is 6.33 Å². The lowest BCUT2D eigenvalue weighted by Gasteiger charge is -2.14. The Kier molecular flexibility index (Phi) is 3.94. The molecular weight excluding hydrogens is 210 g/mol. The highest BCUT2D eigenvalue weighted by atomic mass is 15.1. The summed E-state index contributed by atoms with van der Waals surface area (Å²) in [5.74, 6) is 0. The summed E-state index contributed by atoms with van der Waals surface area (Å²) in [6.45, 7) is 6.18. The quantitative estimate of drug-likeness (QED) is 0.853. The van der Waals surface area contributed by atoms with E-state index in [1.807, 2.05) is 18.7 Å². The second-order valence-electron chi connectivity index (χ2n) is 4.53. The molecule has 0 radical (unpaired) electrons. The Hall–Kier alpha value is -1.61. The molecule has 1 atom stereocenters. The summed E-state index contributed by atoms with van der Waals surface area (Å²) >= 11 is 0. The molecular formula is C14H19N3. The van der Waals surface area contributed by atoms with Gasteiger partial charge in [-0.2, -0.15) is 0 Å². The first-order chi connectivity index (χ1) is 8.24. The van der Waals surface area contributed by atoms with E-state index in [-0.39, 0.29) is 0 Å². The molecule has 0 bridgehead atoms. The maximum Gasteiger partial charge on any atom is 0.0946 e. The molecule has 3 nitrogen and oxygen atoms in total. The molecule has 1 heterocycles. The van der Waals surface area contributed by atoms with Crippen molar-refractivity contribution in [1.29, 1.82) is 0 Å². The minimum atomic E-state index is 0.435. The predicted octanol–water partition coefficient (Wildman–Crippen LogP) is 2.37. The van der Waals surface area contributed by atoms with E-state index in [1.165, 1.54) is 11.1 Å². The highest BCUT2D eigenvalue weighted by Gasteiger charge is 2.02. The molecule has 1 unspecified atom stereocenters. The van der Waals surface area contributed by atoms with Crippen molar-refractivity contribution in [3.63, 3.8) is 0 Å². The minimum Gasteiger partial charge on any atom is -0.336 e. The van der Waals surface area contributed by atoms with Gasteiger partial charge in [0.15, 0.2) is 0 Å². The third-order valence-electron chi connectivity index (χ3n) is 2.78. The molecule has 2 aromatic rings. The van der Waals surface area contributed by atoms with E-state index >= 15 is 0 Å². The molecule has 90 valence electrons. The van der Waals surface area contributed by atoms with Crippen molar-refractivity contribution in [2.45, 2.75) is 33.0 Å². The number of rotatable bonds is 5. The second kappa shape index (κ2) is 5.64. The number of aromatic nitrogens is 2. The summed E-state index contributed by atoms with van der Waals surface area (Å²) in [6, 6.07) is 9.04. The van der Waals surface area contributed by atoms with Gasteiger partial charge in [0.25, 0.3) is 0 Å². The predicted molar refractivity (Wildman–Crippen MR) is 69.7 cm³/mol. The molecule has 0 aliphatic heterocycles. The van der Waals surface area contributed by atoms with Crippen LogP contribution in [0.2, 0.25) is 0 Å². The monoisotopic (exact) mass is 229 g/mol. The molecule has 17 heavy (non-hydrogen) atoms. The number of benzene rings is 1. The Bertz CT molecular complexity index is 448. The summed E-state index contributed by atoms with van der Waals surface area (Å²) in [4.78, 5) is 4.04. The molecule has 0 fully saturated rings. The topological polar surface area (TPSA) is 29.9 Å². The zero-order chi connectivity index (χ0) is 12.1. The van der Waals surface area contributed by atoms with Crippen molar-refractivity contribution in [3.05, 3.63) is 54.1 Å². The van der Waals surface area contributed by atoms with Crippen LogP contribution in [0.3, 0.4) is 0 Å². The van der Waals surface area contributed by atoms with E-state index in [1.54, 1.807) is 0 Å².